The van der Waals surface area contributed by atoms with Gasteiger partial charge in [0, 0.05) is 6.04 Å². The van der Waals surface area contributed by atoms with Crippen molar-refractivity contribution in [3.05, 3.63) is 28.8 Å². The summed E-state index contributed by atoms with van der Waals surface area (Å²) in [7, 11) is 0. The molecule has 1 aromatic heterocycles. The van der Waals surface area contributed by atoms with Gasteiger partial charge in [-0.1, -0.05) is 27.7 Å². The Morgan fingerprint density at radius 1 is 1.25 bits per heavy atom. The minimum Gasteiger partial charge on any atom is -0.397 e. The van der Waals surface area contributed by atoms with Crippen LogP contribution in [0.25, 0.3) is 10.9 Å². The first-order valence-electron chi connectivity index (χ1n) is 6.78. The molecule has 1 aliphatic carbocycles. The molecule has 0 saturated heterocycles. The van der Waals surface area contributed by atoms with Gasteiger partial charge < -0.3 is 16.0 Å². The lowest BCUT2D eigenvalue weighted by atomic mass is 10.0. The average molecular weight is 272 g/mol. The van der Waals surface area contributed by atoms with Crippen molar-refractivity contribution in [2.45, 2.75) is 33.7 Å². The van der Waals surface area contributed by atoms with Crippen molar-refractivity contribution < 1.29 is 0 Å². The largest absolute Gasteiger partial charge is 0.397 e. The molecule has 5 heteroatoms. The second kappa shape index (κ2) is 3.75. The molecule has 0 amide bonds. The lowest BCUT2D eigenvalue weighted by Crippen LogP contribution is -2.13. The number of aromatic nitrogens is 2. The molecule has 1 fully saturated rings. The number of nitrogens with two attached hydrogens (primary N) is 1. The molecule has 0 bridgehead atoms. The summed E-state index contributed by atoms with van der Waals surface area (Å²) >= 11 is 0. The molecular formula is C15H20N4O. The second-order valence-corrected chi connectivity index (χ2v) is 6.71. The first kappa shape index (κ1) is 13.0. The first-order chi connectivity index (χ1) is 9.25. The summed E-state index contributed by atoms with van der Waals surface area (Å²) in [5, 5.41) is 4.02. The molecule has 4 N–H and O–H groups in total. The van der Waals surface area contributed by atoms with Crippen molar-refractivity contribution >= 4 is 22.3 Å². The van der Waals surface area contributed by atoms with E-state index in [9.17, 15) is 4.79 Å². The number of rotatable bonds is 2. The highest BCUT2D eigenvalue weighted by Gasteiger charge is 2.65. The Labute approximate surface area is 117 Å². The van der Waals surface area contributed by atoms with Gasteiger partial charge in [-0.3, -0.25) is 4.79 Å². The second-order valence-electron chi connectivity index (χ2n) is 6.71. The third-order valence-corrected chi connectivity index (χ3v) is 5.13. The quantitative estimate of drug-likeness (QED) is 0.733. The van der Waals surface area contributed by atoms with E-state index in [1.807, 2.05) is 6.07 Å². The Hall–Kier alpha value is -2.04. The highest BCUT2D eigenvalue weighted by Crippen LogP contribution is 2.63. The number of H-pyrrole nitrogens is 1. The zero-order chi connectivity index (χ0) is 14.7. The summed E-state index contributed by atoms with van der Waals surface area (Å²) in [6.07, 6.45) is 1.41. The van der Waals surface area contributed by atoms with Crippen LogP contribution in [-0.4, -0.2) is 16.0 Å². The van der Waals surface area contributed by atoms with Crippen molar-refractivity contribution in [2.75, 3.05) is 11.1 Å². The summed E-state index contributed by atoms with van der Waals surface area (Å²) in [4.78, 5) is 18.5. The van der Waals surface area contributed by atoms with Crippen LogP contribution in [0.3, 0.4) is 0 Å². The van der Waals surface area contributed by atoms with E-state index in [-0.39, 0.29) is 16.4 Å². The van der Waals surface area contributed by atoms with Crippen molar-refractivity contribution in [3.8, 4) is 0 Å². The predicted octanol–water partition coefficient (Wildman–Crippen LogP) is 2.35. The maximum absolute atomic E-state index is 11.7. The van der Waals surface area contributed by atoms with Crippen molar-refractivity contribution in [1.82, 2.24) is 9.97 Å². The van der Waals surface area contributed by atoms with Gasteiger partial charge in [-0.2, -0.15) is 0 Å². The van der Waals surface area contributed by atoms with Gasteiger partial charge in [-0.05, 0) is 23.0 Å². The lowest BCUT2D eigenvalue weighted by Gasteiger charge is -2.12. The van der Waals surface area contributed by atoms with Gasteiger partial charge in [-0.25, -0.2) is 4.98 Å². The number of nitrogens with one attached hydrogen (secondary N) is 2. The molecule has 106 valence electrons. The van der Waals surface area contributed by atoms with Crippen LogP contribution in [0.5, 0.6) is 0 Å². The van der Waals surface area contributed by atoms with E-state index in [0.29, 0.717) is 22.6 Å². The predicted molar refractivity (Wildman–Crippen MR) is 81.7 cm³/mol. The van der Waals surface area contributed by atoms with Crippen molar-refractivity contribution in [3.63, 3.8) is 0 Å². The molecule has 0 unspecified atom stereocenters. The summed E-state index contributed by atoms with van der Waals surface area (Å²) in [5.74, 6) is 0. The molecule has 1 saturated carbocycles. The van der Waals surface area contributed by atoms with Crippen LogP contribution in [0.4, 0.5) is 11.4 Å². The Balaban J connectivity index is 2.02. The fraction of sp³-hybridized carbons (Fsp3) is 0.467. The molecule has 2 aromatic rings. The van der Waals surface area contributed by atoms with Gasteiger partial charge in [0.2, 0.25) is 0 Å². The van der Waals surface area contributed by atoms with Crippen LogP contribution >= 0.6 is 0 Å². The molecule has 5 nitrogen and oxygen atoms in total. The SMILES string of the molecule is CC1(C)C(Nc2cc3nc[nH]c(=O)c3cc2N)C1(C)C. The molecule has 1 aliphatic rings. The zero-order valence-corrected chi connectivity index (χ0v) is 12.2. The number of hydrogen-bond donors (Lipinski definition) is 3. The zero-order valence-electron chi connectivity index (χ0n) is 12.2. The van der Waals surface area contributed by atoms with E-state index in [2.05, 4.69) is 43.0 Å². The van der Waals surface area contributed by atoms with Crippen LogP contribution in [0, 0.1) is 10.8 Å². The number of aromatic amines is 1. The molecule has 0 radical (unpaired) electrons. The Bertz CT molecular complexity index is 731. The molecular weight excluding hydrogens is 252 g/mol. The Morgan fingerprint density at radius 3 is 2.50 bits per heavy atom. The topological polar surface area (TPSA) is 83.8 Å². The van der Waals surface area contributed by atoms with Gasteiger partial charge in [0.1, 0.15) is 0 Å². The molecule has 1 aromatic carbocycles. The van der Waals surface area contributed by atoms with Crippen LogP contribution in [-0.2, 0) is 0 Å². The number of anilines is 2. The van der Waals surface area contributed by atoms with Gasteiger partial charge in [0.25, 0.3) is 5.56 Å². The third kappa shape index (κ3) is 1.62. The van der Waals surface area contributed by atoms with E-state index in [1.54, 1.807) is 6.07 Å². The number of benzene rings is 1. The summed E-state index contributed by atoms with van der Waals surface area (Å²) in [6, 6.07) is 3.90. The van der Waals surface area contributed by atoms with Gasteiger partial charge >= 0.3 is 0 Å². The van der Waals surface area contributed by atoms with E-state index in [4.69, 9.17) is 5.73 Å². The highest BCUT2D eigenvalue weighted by molar-refractivity contribution is 5.88. The lowest BCUT2D eigenvalue weighted by molar-refractivity contribution is 0.457. The molecule has 1 heterocycles. The molecule has 0 spiro atoms. The molecule has 3 rings (SSSR count). The molecule has 0 aliphatic heterocycles. The maximum atomic E-state index is 11.7. The molecule has 20 heavy (non-hydrogen) atoms. The summed E-state index contributed by atoms with van der Waals surface area (Å²) in [6.45, 7) is 8.96. The smallest absolute Gasteiger partial charge is 0.258 e. The number of hydrogen-bond acceptors (Lipinski definition) is 4. The van der Waals surface area contributed by atoms with Crippen molar-refractivity contribution in [1.29, 1.82) is 0 Å². The highest BCUT2D eigenvalue weighted by atomic mass is 16.1. The summed E-state index contributed by atoms with van der Waals surface area (Å²) < 4.78 is 0. The fourth-order valence-corrected chi connectivity index (χ4v) is 2.97. The average Bonchev–Trinajstić information content (AvgIpc) is 2.74. The van der Waals surface area contributed by atoms with Crippen LogP contribution in [0.1, 0.15) is 27.7 Å². The van der Waals surface area contributed by atoms with E-state index < -0.39 is 0 Å². The van der Waals surface area contributed by atoms with Crippen LogP contribution in [0.2, 0.25) is 0 Å². The number of nitrogens with zero attached hydrogens (tertiary/aromatic N) is 1. The van der Waals surface area contributed by atoms with Gasteiger partial charge in [-0.15, -0.1) is 0 Å². The van der Waals surface area contributed by atoms with Gasteiger partial charge in [0.15, 0.2) is 0 Å². The monoisotopic (exact) mass is 272 g/mol. The standard InChI is InChI=1S/C15H20N4O/c1-14(2)13(15(14,3)4)19-11-6-10-8(5-9(11)16)12(20)18-7-17-10/h5-7,13,19H,16H2,1-4H3,(H,17,18,20). The van der Waals surface area contributed by atoms with E-state index >= 15 is 0 Å². The van der Waals surface area contributed by atoms with Crippen molar-refractivity contribution in [2.24, 2.45) is 10.8 Å². The molecule has 0 atom stereocenters. The number of nitrogen functional groups attached to an aromatic ring is 1. The van der Waals surface area contributed by atoms with E-state index in [1.165, 1.54) is 6.33 Å². The Kier molecular flexibility index (Phi) is 2.43. The van der Waals surface area contributed by atoms with E-state index in [0.717, 1.165) is 5.69 Å². The number of fused-ring (bicyclic) bond motifs is 1. The van der Waals surface area contributed by atoms with Gasteiger partial charge in [0.05, 0.1) is 28.6 Å². The third-order valence-electron chi connectivity index (χ3n) is 5.13. The Morgan fingerprint density at radius 2 is 1.90 bits per heavy atom. The summed E-state index contributed by atoms with van der Waals surface area (Å²) in [5.41, 5.74) is 8.41. The fourth-order valence-electron chi connectivity index (χ4n) is 2.97. The first-order valence-corrected chi connectivity index (χ1v) is 6.78. The van der Waals surface area contributed by atoms with Crippen LogP contribution < -0.4 is 16.6 Å². The minimum atomic E-state index is -0.166. The van der Waals surface area contributed by atoms with Crippen LogP contribution in [0.15, 0.2) is 23.3 Å². The maximum Gasteiger partial charge on any atom is 0.258 e. The normalized spacial score (nSPS) is 20.0. The minimum absolute atomic E-state index is 0.166.